The molecule has 0 radical (unpaired) electrons. The molecule has 0 unspecified atom stereocenters. The molecule has 0 atom stereocenters. The number of benzene rings is 2. The first-order valence-electron chi connectivity index (χ1n) is 9.84. The molecule has 170 valence electrons. The van der Waals surface area contributed by atoms with Crippen molar-refractivity contribution < 1.29 is 17.9 Å². The van der Waals surface area contributed by atoms with Crippen LogP contribution in [0.3, 0.4) is 0 Å². The average Bonchev–Trinajstić information content (AvgIpc) is 2.73. The quantitative estimate of drug-likeness (QED) is 0.235. The van der Waals surface area contributed by atoms with Gasteiger partial charge >= 0.3 is 6.36 Å². The summed E-state index contributed by atoms with van der Waals surface area (Å²) in [6.07, 6.45) is -3.82. The van der Waals surface area contributed by atoms with Gasteiger partial charge in [-0.15, -0.1) is 37.1 Å². The number of rotatable bonds is 7. The standard InChI is InChI=1S/C21H26F3N5O.HI/c22-21(23,24)30-19-9-7-17(8-10-19)27-20(25)26-11-4-12-28-13-15-29(16-14-28)18-5-2-1-3-6-18;/h1-3,5-10H,4,11-16H2,(H3,25,26,27);1H. The van der Waals surface area contributed by atoms with Gasteiger partial charge in [-0.1, -0.05) is 18.2 Å². The minimum absolute atomic E-state index is 0. The lowest BCUT2D eigenvalue weighted by molar-refractivity contribution is -0.274. The molecule has 10 heteroatoms. The molecule has 3 rings (SSSR count). The van der Waals surface area contributed by atoms with Crippen molar-refractivity contribution in [3.63, 3.8) is 0 Å². The molecule has 31 heavy (non-hydrogen) atoms. The Kier molecular flexibility index (Phi) is 9.69. The number of aliphatic imine (C=N–C) groups is 1. The molecule has 0 saturated carbocycles. The predicted molar refractivity (Wildman–Crippen MR) is 128 cm³/mol. The van der Waals surface area contributed by atoms with Gasteiger partial charge in [0.2, 0.25) is 0 Å². The van der Waals surface area contributed by atoms with Crippen LogP contribution in [0.5, 0.6) is 5.75 Å². The summed E-state index contributed by atoms with van der Waals surface area (Å²) in [6, 6.07) is 15.8. The van der Waals surface area contributed by atoms with Crippen LogP contribution in [-0.2, 0) is 0 Å². The topological polar surface area (TPSA) is 66.1 Å². The van der Waals surface area contributed by atoms with Gasteiger partial charge in [0.05, 0.1) is 0 Å². The summed E-state index contributed by atoms with van der Waals surface area (Å²) >= 11 is 0. The van der Waals surface area contributed by atoms with E-state index in [9.17, 15) is 13.2 Å². The van der Waals surface area contributed by atoms with Crippen LogP contribution in [0, 0.1) is 0 Å². The second-order valence-electron chi connectivity index (χ2n) is 6.98. The summed E-state index contributed by atoms with van der Waals surface area (Å²) in [5.74, 6) is -0.0516. The Bertz CT molecular complexity index is 810. The maximum absolute atomic E-state index is 12.2. The number of anilines is 2. The van der Waals surface area contributed by atoms with E-state index in [1.807, 2.05) is 6.07 Å². The number of piperazine rings is 1. The van der Waals surface area contributed by atoms with Crippen LogP contribution in [0.25, 0.3) is 0 Å². The van der Waals surface area contributed by atoms with Crippen LogP contribution in [-0.4, -0.2) is 56.5 Å². The summed E-state index contributed by atoms with van der Waals surface area (Å²) in [7, 11) is 0. The van der Waals surface area contributed by atoms with E-state index in [0.717, 1.165) is 39.1 Å². The number of nitrogens with one attached hydrogen (secondary N) is 1. The van der Waals surface area contributed by atoms with E-state index < -0.39 is 6.36 Å². The lowest BCUT2D eigenvalue weighted by Crippen LogP contribution is -2.46. The van der Waals surface area contributed by atoms with Crippen molar-refractivity contribution in [1.29, 1.82) is 0 Å². The van der Waals surface area contributed by atoms with Gasteiger partial charge in [0, 0.05) is 50.6 Å². The van der Waals surface area contributed by atoms with Gasteiger partial charge in [0.25, 0.3) is 0 Å². The average molecular weight is 549 g/mol. The summed E-state index contributed by atoms with van der Waals surface area (Å²) in [6.45, 7) is 5.56. The van der Waals surface area contributed by atoms with E-state index in [-0.39, 0.29) is 35.7 Å². The predicted octanol–water partition coefficient (Wildman–Crippen LogP) is 4.14. The number of ether oxygens (including phenoxy) is 1. The molecule has 6 nitrogen and oxygen atoms in total. The largest absolute Gasteiger partial charge is 0.573 e. The van der Waals surface area contributed by atoms with Gasteiger partial charge in [-0.05, 0) is 42.8 Å². The zero-order valence-corrected chi connectivity index (χ0v) is 19.3. The smallest absolute Gasteiger partial charge is 0.406 e. The van der Waals surface area contributed by atoms with Crippen molar-refractivity contribution in [3.8, 4) is 5.75 Å². The first-order chi connectivity index (χ1) is 14.4. The zero-order valence-electron chi connectivity index (χ0n) is 17.0. The molecule has 0 spiro atoms. The third-order valence-electron chi connectivity index (χ3n) is 4.77. The fraction of sp³-hybridized carbons (Fsp3) is 0.381. The lowest BCUT2D eigenvalue weighted by Gasteiger charge is -2.36. The first-order valence-corrected chi connectivity index (χ1v) is 9.84. The van der Waals surface area contributed by atoms with Crippen LogP contribution < -0.4 is 20.7 Å². The minimum atomic E-state index is -4.70. The Morgan fingerprint density at radius 1 is 1.00 bits per heavy atom. The van der Waals surface area contributed by atoms with Gasteiger partial charge in [-0.25, -0.2) is 0 Å². The van der Waals surface area contributed by atoms with Crippen molar-refractivity contribution in [2.45, 2.75) is 12.8 Å². The van der Waals surface area contributed by atoms with Crippen LogP contribution >= 0.6 is 24.0 Å². The second kappa shape index (κ2) is 12.0. The number of alkyl halides is 3. The van der Waals surface area contributed by atoms with E-state index in [0.29, 0.717) is 12.2 Å². The number of para-hydroxylation sites is 1. The van der Waals surface area contributed by atoms with E-state index >= 15 is 0 Å². The molecule has 3 N–H and O–H groups in total. The molecular weight excluding hydrogens is 522 g/mol. The van der Waals surface area contributed by atoms with E-state index in [1.54, 1.807) is 0 Å². The Morgan fingerprint density at radius 3 is 2.26 bits per heavy atom. The molecule has 2 aromatic rings. The van der Waals surface area contributed by atoms with Crippen LogP contribution in [0.4, 0.5) is 24.5 Å². The van der Waals surface area contributed by atoms with Gasteiger partial charge in [0.1, 0.15) is 5.75 Å². The molecule has 1 fully saturated rings. The number of guanidine groups is 1. The normalized spacial score (nSPS) is 15.3. The molecule has 0 aromatic heterocycles. The Balaban J connectivity index is 0.00000341. The molecule has 2 aromatic carbocycles. The fourth-order valence-electron chi connectivity index (χ4n) is 3.29. The van der Waals surface area contributed by atoms with Gasteiger partial charge in [0.15, 0.2) is 5.96 Å². The van der Waals surface area contributed by atoms with Gasteiger partial charge in [-0.2, -0.15) is 0 Å². The molecule has 0 amide bonds. The van der Waals surface area contributed by atoms with Crippen molar-refractivity contribution in [2.75, 3.05) is 49.5 Å². The Hall–Kier alpha value is -2.21. The summed E-state index contributed by atoms with van der Waals surface area (Å²) in [5, 5.41) is 2.87. The highest BCUT2D eigenvalue weighted by Gasteiger charge is 2.30. The fourth-order valence-corrected chi connectivity index (χ4v) is 3.29. The first kappa shape index (κ1) is 25.1. The monoisotopic (exact) mass is 549 g/mol. The van der Waals surface area contributed by atoms with Gasteiger partial charge in [-0.3, -0.25) is 9.89 Å². The molecule has 1 heterocycles. The molecule has 0 aliphatic carbocycles. The number of halogens is 4. The highest BCUT2D eigenvalue weighted by Crippen LogP contribution is 2.23. The maximum atomic E-state index is 12.2. The van der Waals surface area contributed by atoms with E-state index in [4.69, 9.17) is 5.73 Å². The molecule has 0 bridgehead atoms. The molecule has 1 aliphatic heterocycles. The Labute approximate surface area is 197 Å². The van der Waals surface area contributed by atoms with Crippen molar-refractivity contribution in [2.24, 2.45) is 10.7 Å². The van der Waals surface area contributed by atoms with Crippen molar-refractivity contribution in [1.82, 2.24) is 4.90 Å². The van der Waals surface area contributed by atoms with E-state index in [1.165, 1.54) is 30.0 Å². The summed E-state index contributed by atoms with van der Waals surface area (Å²) < 4.78 is 40.4. The van der Waals surface area contributed by atoms with E-state index in [2.05, 4.69) is 49.1 Å². The van der Waals surface area contributed by atoms with Crippen molar-refractivity contribution in [3.05, 3.63) is 54.6 Å². The minimum Gasteiger partial charge on any atom is -0.406 e. The zero-order chi connectivity index (χ0) is 21.4. The molecule has 1 aliphatic rings. The molecule has 1 saturated heterocycles. The maximum Gasteiger partial charge on any atom is 0.573 e. The number of hydrogen-bond acceptors (Lipinski definition) is 4. The summed E-state index contributed by atoms with van der Waals surface area (Å²) in [5.41, 5.74) is 7.66. The molecular formula is C21H27F3IN5O. The number of hydrogen-bond donors (Lipinski definition) is 2. The van der Waals surface area contributed by atoms with Gasteiger partial charge < -0.3 is 20.7 Å². The van der Waals surface area contributed by atoms with Crippen LogP contribution in [0.2, 0.25) is 0 Å². The van der Waals surface area contributed by atoms with Crippen molar-refractivity contribution >= 4 is 41.3 Å². The second-order valence-corrected chi connectivity index (χ2v) is 6.98. The highest BCUT2D eigenvalue weighted by molar-refractivity contribution is 14.0. The number of nitrogens with two attached hydrogens (primary N) is 1. The summed E-state index contributed by atoms with van der Waals surface area (Å²) in [4.78, 5) is 9.09. The SMILES string of the molecule is I.NC(=NCCCN1CCN(c2ccccc2)CC1)Nc1ccc(OC(F)(F)F)cc1. The highest BCUT2D eigenvalue weighted by atomic mass is 127. The Morgan fingerprint density at radius 2 is 1.65 bits per heavy atom. The van der Waals surface area contributed by atoms with Crippen LogP contribution in [0.1, 0.15) is 6.42 Å². The van der Waals surface area contributed by atoms with Crippen LogP contribution in [0.15, 0.2) is 59.6 Å². The lowest BCUT2D eigenvalue weighted by atomic mass is 10.2. The third-order valence-corrected chi connectivity index (χ3v) is 4.77. The third kappa shape index (κ3) is 8.82. The number of nitrogens with zero attached hydrogens (tertiary/aromatic N) is 3.